The van der Waals surface area contributed by atoms with E-state index >= 15 is 0 Å². The van der Waals surface area contributed by atoms with E-state index in [1.54, 1.807) is 19.2 Å². The molecule has 0 fully saturated rings. The van der Waals surface area contributed by atoms with E-state index in [-0.39, 0.29) is 5.82 Å². The molecule has 0 aliphatic carbocycles. The molecule has 150 valence electrons. The first-order valence-corrected chi connectivity index (χ1v) is 9.46. The Balaban J connectivity index is 1.27. The van der Waals surface area contributed by atoms with E-state index in [0.29, 0.717) is 19.1 Å². The zero-order chi connectivity index (χ0) is 19.6. The van der Waals surface area contributed by atoms with Gasteiger partial charge in [0.25, 0.3) is 0 Å². The minimum atomic E-state index is -0.256. The van der Waals surface area contributed by atoms with Crippen LogP contribution < -0.4 is 24.8 Å². The lowest BCUT2D eigenvalue weighted by Gasteiger charge is -2.12. The smallest absolute Gasteiger partial charge is 0.231 e. The number of nitrogens with one attached hydrogen (secondary N) is 2. The van der Waals surface area contributed by atoms with Crippen molar-refractivity contribution in [1.29, 1.82) is 0 Å². The third-order valence-corrected chi connectivity index (χ3v) is 4.31. The maximum absolute atomic E-state index is 12.8. The summed E-state index contributed by atoms with van der Waals surface area (Å²) in [5.74, 6) is 2.82. The van der Waals surface area contributed by atoms with Gasteiger partial charge in [0.15, 0.2) is 17.5 Å². The van der Waals surface area contributed by atoms with Gasteiger partial charge in [-0.2, -0.15) is 0 Å². The molecule has 1 aliphatic rings. The topological polar surface area (TPSA) is 64.1 Å². The summed E-state index contributed by atoms with van der Waals surface area (Å²) >= 11 is 0. The van der Waals surface area contributed by atoms with Crippen molar-refractivity contribution in [1.82, 2.24) is 10.6 Å². The second-order valence-corrected chi connectivity index (χ2v) is 6.37. The quantitative estimate of drug-likeness (QED) is 0.393. The summed E-state index contributed by atoms with van der Waals surface area (Å²) in [6, 6.07) is 12.1. The molecule has 1 aliphatic heterocycles. The van der Waals surface area contributed by atoms with Crippen molar-refractivity contribution in [2.75, 3.05) is 33.5 Å². The van der Waals surface area contributed by atoms with E-state index in [0.717, 1.165) is 49.8 Å². The van der Waals surface area contributed by atoms with Gasteiger partial charge in [-0.1, -0.05) is 6.07 Å². The Morgan fingerprint density at radius 3 is 2.64 bits per heavy atom. The summed E-state index contributed by atoms with van der Waals surface area (Å²) in [4.78, 5) is 4.23. The Bertz CT molecular complexity index is 781. The van der Waals surface area contributed by atoms with Gasteiger partial charge in [-0.25, -0.2) is 4.39 Å². The van der Waals surface area contributed by atoms with Crippen LogP contribution in [0.2, 0.25) is 0 Å². The standard InChI is InChI=1S/C21H26FN3O3/c1-23-21(24-11-2-3-13-26-18-7-5-17(22)6-8-18)25-12-10-16-4-9-19-20(14-16)28-15-27-19/h4-9,14H,2-3,10-13,15H2,1H3,(H2,23,24,25). The van der Waals surface area contributed by atoms with Crippen molar-refractivity contribution in [2.24, 2.45) is 4.99 Å². The molecule has 0 amide bonds. The van der Waals surface area contributed by atoms with Crippen LogP contribution in [0.1, 0.15) is 18.4 Å². The van der Waals surface area contributed by atoms with Crippen LogP contribution in [-0.4, -0.2) is 39.5 Å². The minimum Gasteiger partial charge on any atom is -0.494 e. The molecule has 0 aromatic heterocycles. The molecule has 0 bridgehead atoms. The average Bonchev–Trinajstić information content (AvgIpc) is 3.18. The lowest BCUT2D eigenvalue weighted by molar-refractivity contribution is 0.174. The molecule has 1 heterocycles. The minimum absolute atomic E-state index is 0.256. The van der Waals surface area contributed by atoms with Crippen LogP contribution in [0, 0.1) is 5.82 Å². The predicted molar refractivity (Wildman–Crippen MR) is 107 cm³/mol. The number of ether oxygens (including phenoxy) is 3. The predicted octanol–water partition coefficient (Wildman–Crippen LogP) is 3.12. The molecular formula is C21H26FN3O3. The zero-order valence-electron chi connectivity index (χ0n) is 16.0. The largest absolute Gasteiger partial charge is 0.494 e. The van der Waals surface area contributed by atoms with Gasteiger partial charge in [0.1, 0.15) is 11.6 Å². The third-order valence-electron chi connectivity index (χ3n) is 4.31. The molecule has 0 saturated heterocycles. The fourth-order valence-electron chi connectivity index (χ4n) is 2.80. The molecule has 0 radical (unpaired) electrons. The molecule has 2 N–H and O–H groups in total. The Morgan fingerprint density at radius 1 is 1.04 bits per heavy atom. The Morgan fingerprint density at radius 2 is 1.82 bits per heavy atom. The molecule has 3 rings (SSSR count). The summed E-state index contributed by atoms with van der Waals surface area (Å²) in [5.41, 5.74) is 1.19. The van der Waals surface area contributed by atoms with Crippen molar-refractivity contribution in [3.05, 3.63) is 53.8 Å². The van der Waals surface area contributed by atoms with Crippen molar-refractivity contribution >= 4 is 5.96 Å². The Labute approximate surface area is 164 Å². The molecule has 0 atom stereocenters. The number of halogens is 1. The van der Waals surface area contributed by atoms with Crippen LogP contribution in [0.15, 0.2) is 47.5 Å². The Kier molecular flexibility index (Phi) is 7.35. The van der Waals surface area contributed by atoms with Gasteiger partial charge in [-0.05, 0) is 61.2 Å². The number of hydrogen-bond donors (Lipinski definition) is 2. The highest BCUT2D eigenvalue weighted by atomic mass is 19.1. The molecule has 2 aromatic carbocycles. The fourth-order valence-corrected chi connectivity index (χ4v) is 2.80. The van der Waals surface area contributed by atoms with Gasteiger partial charge in [-0.15, -0.1) is 0 Å². The van der Waals surface area contributed by atoms with Crippen molar-refractivity contribution in [2.45, 2.75) is 19.3 Å². The van der Waals surface area contributed by atoms with Crippen LogP contribution in [0.25, 0.3) is 0 Å². The van der Waals surface area contributed by atoms with E-state index in [9.17, 15) is 4.39 Å². The van der Waals surface area contributed by atoms with Crippen LogP contribution in [0.5, 0.6) is 17.2 Å². The number of nitrogens with zero attached hydrogens (tertiary/aromatic N) is 1. The second-order valence-electron chi connectivity index (χ2n) is 6.37. The molecule has 0 spiro atoms. The molecule has 7 heteroatoms. The highest BCUT2D eigenvalue weighted by Crippen LogP contribution is 2.32. The first-order chi connectivity index (χ1) is 13.7. The highest BCUT2D eigenvalue weighted by Gasteiger charge is 2.12. The molecular weight excluding hydrogens is 361 g/mol. The van der Waals surface area contributed by atoms with E-state index in [1.807, 2.05) is 18.2 Å². The molecule has 0 unspecified atom stereocenters. The number of benzene rings is 2. The number of fused-ring (bicyclic) bond motifs is 1. The lowest BCUT2D eigenvalue weighted by atomic mass is 10.1. The van der Waals surface area contributed by atoms with Gasteiger partial charge in [0.05, 0.1) is 6.61 Å². The van der Waals surface area contributed by atoms with Gasteiger partial charge in [-0.3, -0.25) is 4.99 Å². The van der Waals surface area contributed by atoms with Gasteiger partial charge in [0.2, 0.25) is 6.79 Å². The normalized spacial score (nSPS) is 12.7. The van der Waals surface area contributed by atoms with Gasteiger partial charge < -0.3 is 24.8 Å². The molecule has 6 nitrogen and oxygen atoms in total. The summed E-state index contributed by atoms with van der Waals surface area (Å²) in [7, 11) is 1.76. The Hall–Kier alpha value is -2.96. The van der Waals surface area contributed by atoms with E-state index in [2.05, 4.69) is 15.6 Å². The second kappa shape index (κ2) is 10.4. The van der Waals surface area contributed by atoms with Crippen molar-refractivity contribution in [3.8, 4) is 17.2 Å². The molecule has 0 saturated carbocycles. The highest BCUT2D eigenvalue weighted by molar-refractivity contribution is 5.79. The summed E-state index contributed by atoms with van der Waals surface area (Å²) in [6.45, 7) is 2.47. The maximum atomic E-state index is 12.8. The van der Waals surface area contributed by atoms with Crippen LogP contribution in [0.4, 0.5) is 4.39 Å². The molecule has 28 heavy (non-hydrogen) atoms. The third kappa shape index (κ3) is 6.04. The van der Waals surface area contributed by atoms with Crippen LogP contribution in [-0.2, 0) is 6.42 Å². The monoisotopic (exact) mass is 387 g/mol. The maximum Gasteiger partial charge on any atom is 0.231 e. The molecule has 2 aromatic rings. The number of guanidine groups is 1. The van der Waals surface area contributed by atoms with E-state index in [1.165, 1.54) is 17.7 Å². The van der Waals surface area contributed by atoms with E-state index in [4.69, 9.17) is 14.2 Å². The first kappa shape index (κ1) is 19.8. The SMILES string of the molecule is CN=C(NCCCCOc1ccc(F)cc1)NCCc1ccc2c(c1)OCO2. The van der Waals surface area contributed by atoms with Crippen molar-refractivity contribution in [3.63, 3.8) is 0 Å². The fraction of sp³-hybridized carbons (Fsp3) is 0.381. The average molecular weight is 387 g/mol. The van der Waals surface area contributed by atoms with E-state index < -0.39 is 0 Å². The van der Waals surface area contributed by atoms with Gasteiger partial charge >= 0.3 is 0 Å². The lowest BCUT2D eigenvalue weighted by Crippen LogP contribution is -2.38. The summed E-state index contributed by atoms with van der Waals surface area (Å²) in [5, 5.41) is 6.60. The number of hydrogen-bond acceptors (Lipinski definition) is 4. The number of unbranched alkanes of at least 4 members (excludes halogenated alkanes) is 1. The van der Waals surface area contributed by atoms with Gasteiger partial charge in [0, 0.05) is 20.1 Å². The van der Waals surface area contributed by atoms with Crippen LogP contribution in [0.3, 0.4) is 0 Å². The summed E-state index contributed by atoms with van der Waals surface area (Å²) in [6.07, 6.45) is 2.71. The number of aliphatic imine (C=N–C) groups is 1. The summed E-state index contributed by atoms with van der Waals surface area (Å²) < 4.78 is 29.1. The van der Waals surface area contributed by atoms with Crippen molar-refractivity contribution < 1.29 is 18.6 Å². The first-order valence-electron chi connectivity index (χ1n) is 9.46. The zero-order valence-corrected chi connectivity index (χ0v) is 16.0. The number of rotatable bonds is 9. The van der Waals surface area contributed by atoms with Crippen LogP contribution >= 0.6 is 0 Å².